The SMILES string of the molecule is CSc1cccc(NS(=O)(=O)c2ccc3[nH]cc(C(=O)NCc4ccc(C)cc4)c(=O)c3c2)c1. The first-order valence-corrected chi connectivity index (χ1v) is 13.1. The van der Waals surface area contributed by atoms with Crippen molar-refractivity contribution in [1.82, 2.24) is 10.3 Å². The molecule has 3 N–H and O–H groups in total. The Morgan fingerprint density at radius 2 is 1.79 bits per heavy atom. The van der Waals surface area contributed by atoms with Gasteiger partial charge < -0.3 is 10.3 Å². The number of amides is 1. The van der Waals surface area contributed by atoms with Crippen molar-refractivity contribution in [3.63, 3.8) is 0 Å². The van der Waals surface area contributed by atoms with Crippen LogP contribution in [0.4, 0.5) is 5.69 Å². The standard InChI is InChI=1S/C25H23N3O4S2/c1-16-6-8-17(9-7-16)14-27-25(30)22-15-26-23-11-10-20(13-21(23)24(22)29)34(31,32)28-18-4-3-5-19(12-18)33-2/h3-13,15,28H,14H2,1-2H3,(H,26,29)(H,27,30). The molecule has 1 amide bonds. The molecule has 0 spiro atoms. The molecule has 7 nitrogen and oxygen atoms in total. The van der Waals surface area contributed by atoms with Crippen molar-refractivity contribution in [3.8, 4) is 0 Å². The van der Waals surface area contributed by atoms with Crippen LogP contribution in [-0.4, -0.2) is 25.6 Å². The van der Waals surface area contributed by atoms with Gasteiger partial charge in [0.25, 0.3) is 15.9 Å². The third-order valence-corrected chi connectivity index (χ3v) is 7.41. The maximum Gasteiger partial charge on any atom is 0.261 e. The number of carbonyl (C=O) groups excluding carboxylic acids is 1. The quantitative estimate of drug-likeness (QED) is 0.333. The Labute approximate surface area is 201 Å². The number of hydrogen-bond acceptors (Lipinski definition) is 5. The third kappa shape index (κ3) is 5.16. The molecular formula is C25H23N3O4S2. The summed E-state index contributed by atoms with van der Waals surface area (Å²) in [4.78, 5) is 29.5. The van der Waals surface area contributed by atoms with Crippen LogP contribution in [0, 0.1) is 6.92 Å². The van der Waals surface area contributed by atoms with Gasteiger partial charge in [0.15, 0.2) is 0 Å². The highest BCUT2D eigenvalue weighted by molar-refractivity contribution is 7.98. The van der Waals surface area contributed by atoms with E-state index in [1.165, 1.54) is 36.2 Å². The number of anilines is 1. The van der Waals surface area contributed by atoms with Crippen LogP contribution in [0.5, 0.6) is 0 Å². The second kappa shape index (κ2) is 9.74. The van der Waals surface area contributed by atoms with E-state index in [4.69, 9.17) is 0 Å². The van der Waals surface area contributed by atoms with Crippen molar-refractivity contribution < 1.29 is 13.2 Å². The molecule has 4 rings (SSSR count). The molecule has 0 bridgehead atoms. The van der Waals surface area contributed by atoms with Crippen LogP contribution in [-0.2, 0) is 16.6 Å². The van der Waals surface area contributed by atoms with Crippen LogP contribution in [0.15, 0.2) is 87.5 Å². The summed E-state index contributed by atoms with van der Waals surface area (Å²) in [5, 5.41) is 2.85. The monoisotopic (exact) mass is 493 g/mol. The number of pyridine rings is 1. The second-order valence-corrected chi connectivity index (χ2v) is 10.3. The molecule has 0 radical (unpaired) electrons. The number of aryl methyl sites for hydroxylation is 1. The molecule has 0 saturated carbocycles. The molecule has 0 aliphatic rings. The van der Waals surface area contributed by atoms with Gasteiger partial charge in [-0.2, -0.15) is 0 Å². The summed E-state index contributed by atoms with van der Waals surface area (Å²) in [5.74, 6) is -0.538. The maximum atomic E-state index is 13.0. The normalized spacial score (nSPS) is 11.4. The lowest BCUT2D eigenvalue weighted by molar-refractivity contribution is 0.0949. The highest BCUT2D eigenvalue weighted by atomic mass is 32.2. The summed E-state index contributed by atoms with van der Waals surface area (Å²) in [6, 6.07) is 18.9. The van der Waals surface area contributed by atoms with Crippen molar-refractivity contribution in [1.29, 1.82) is 0 Å². The molecule has 3 aromatic carbocycles. The first kappa shape index (κ1) is 23.6. The van der Waals surface area contributed by atoms with Crippen LogP contribution < -0.4 is 15.5 Å². The average molecular weight is 494 g/mol. The number of benzene rings is 3. The van der Waals surface area contributed by atoms with Gasteiger partial charge >= 0.3 is 0 Å². The average Bonchev–Trinajstić information content (AvgIpc) is 2.83. The topological polar surface area (TPSA) is 108 Å². The fourth-order valence-electron chi connectivity index (χ4n) is 3.42. The van der Waals surface area contributed by atoms with Crippen LogP contribution in [0.25, 0.3) is 10.9 Å². The second-order valence-electron chi connectivity index (χ2n) is 7.74. The van der Waals surface area contributed by atoms with E-state index < -0.39 is 21.4 Å². The van der Waals surface area contributed by atoms with Gasteiger partial charge in [0.1, 0.15) is 5.56 Å². The minimum Gasteiger partial charge on any atom is -0.360 e. The van der Waals surface area contributed by atoms with Crippen LogP contribution in [0.2, 0.25) is 0 Å². The van der Waals surface area contributed by atoms with Gasteiger partial charge in [0.2, 0.25) is 5.43 Å². The van der Waals surface area contributed by atoms with Crippen molar-refractivity contribution in [2.75, 3.05) is 11.0 Å². The van der Waals surface area contributed by atoms with Crippen molar-refractivity contribution in [2.45, 2.75) is 23.3 Å². The molecule has 1 heterocycles. The minimum atomic E-state index is -3.94. The predicted molar refractivity (Wildman–Crippen MR) is 136 cm³/mol. The smallest absolute Gasteiger partial charge is 0.261 e. The Kier molecular flexibility index (Phi) is 6.76. The molecule has 0 aliphatic carbocycles. The van der Waals surface area contributed by atoms with E-state index in [-0.39, 0.29) is 22.4 Å². The summed E-state index contributed by atoms with van der Waals surface area (Å²) in [6.45, 7) is 2.24. The highest BCUT2D eigenvalue weighted by Gasteiger charge is 2.18. The maximum absolute atomic E-state index is 13.0. The lowest BCUT2D eigenvalue weighted by Crippen LogP contribution is -2.28. The summed E-state index contributed by atoms with van der Waals surface area (Å²) < 4.78 is 28.4. The third-order valence-electron chi connectivity index (χ3n) is 5.30. The number of rotatable bonds is 7. The first-order chi connectivity index (χ1) is 16.3. The van der Waals surface area contributed by atoms with E-state index in [0.29, 0.717) is 11.2 Å². The summed E-state index contributed by atoms with van der Waals surface area (Å²) in [5.41, 5.74) is 2.24. The molecule has 34 heavy (non-hydrogen) atoms. The fraction of sp³-hybridized carbons (Fsp3) is 0.120. The van der Waals surface area contributed by atoms with Gasteiger partial charge in [-0.15, -0.1) is 11.8 Å². The molecule has 0 aliphatic heterocycles. The Morgan fingerprint density at radius 1 is 1.03 bits per heavy atom. The molecule has 0 saturated heterocycles. The lowest BCUT2D eigenvalue weighted by atomic mass is 10.1. The number of thioether (sulfide) groups is 1. The molecule has 0 atom stereocenters. The van der Waals surface area contributed by atoms with Crippen molar-refractivity contribution in [3.05, 3.63) is 99.8 Å². The van der Waals surface area contributed by atoms with Crippen LogP contribution >= 0.6 is 11.8 Å². The highest BCUT2D eigenvalue weighted by Crippen LogP contribution is 2.23. The fourth-order valence-corrected chi connectivity index (χ4v) is 4.95. The number of aromatic amines is 1. The van der Waals surface area contributed by atoms with Gasteiger partial charge in [-0.25, -0.2) is 8.42 Å². The first-order valence-electron chi connectivity index (χ1n) is 10.4. The van der Waals surface area contributed by atoms with Crippen molar-refractivity contribution >= 4 is 44.3 Å². The number of H-pyrrole nitrogens is 1. The largest absolute Gasteiger partial charge is 0.360 e. The summed E-state index contributed by atoms with van der Waals surface area (Å²) in [6.07, 6.45) is 3.24. The zero-order valence-electron chi connectivity index (χ0n) is 18.6. The number of fused-ring (bicyclic) bond motifs is 1. The number of nitrogens with one attached hydrogen (secondary N) is 3. The molecule has 4 aromatic rings. The van der Waals surface area contributed by atoms with Crippen LogP contribution in [0.1, 0.15) is 21.5 Å². The van der Waals surface area contributed by atoms with Gasteiger partial charge in [-0.3, -0.25) is 14.3 Å². The Morgan fingerprint density at radius 3 is 2.53 bits per heavy atom. The lowest BCUT2D eigenvalue weighted by Gasteiger charge is -2.10. The Bertz CT molecular complexity index is 1530. The zero-order chi connectivity index (χ0) is 24.3. The molecular weight excluding hydrogens is 470 g/mol. The molecule has 0 fully saturated rings. The van der Waals surface area contributed by atoms with E-state index in [9.17, 15) is 18.0 Å². The van der Waals surface area contributed by atoms with E-state index in [0.717, 1.165) is 16.0 Å². The van der Waals surface area contributed by atoms with Gasteiger partial charge in [0.05, 0.1) is 4.90 Å². The van der Waals surface area contributed by atoms with Gasteiger partial charge in [0, 0.05) is 34.2 Å². The molecule has 1 aromatic heterocycles. The number of carbonyl (C=O) groups is 1. The Hall–Kier alpha value is -3.56. The van der Waals surface area contributed by atoms with E-state index in [1.54, 1.807) is 18.2 Å². The van der Waals surface area contributed by atoms with E-state index in [2.05, 4.69) is 15.0 Å². The van der Waals surface area contributed by atoms with E-state index in [1.807, 2.05) is 43.5 Å². The molecule has 174 valence electrons. The molecule has 9 heteroatoms. The molecule has 0 unspecified atom stereocenters. The van der Waals surface area contributed by atoms with E-state index >= 15 is 0 Å². The Balaban J connectivity index is 1.61. The number of hydrogen-bond donors (Lipinski definition) is 3. The summed E-state index contributed by atoms with van der Waals surface area (Å²) in [7, 11) is -3.94. The number of aromatic nitrogens is 1. The summed E-state index contributed by atoms with van der Waals surface area (Å²) >= 11 is 1.50. The van der Waals surface area contributed by atoms with Gasteiger partial charge in [-0.1, -0.05) is 35.9 Å². The minimum absolute atomic E-state index is 0.0720. The zero-order valence-corrected chi connectivity index (χ0v) is 20.2. The van der Waals surface area contributed by atoms with Crippen LogP contribution in [0.3, 0.4) is 0 Å². The van der Waals surface area contributed by atoms with Gasteiger partial charge in [-0.05, 0) is 55.1 Å². The predicted octanol–water partition coefficient (Wildman–Crippen LogP) is 4.29. The van der Waals surface area contributed by atoms with Crippen molar-refractivity contribution in [2.24, 2.45) is 0 Å². The number of sulfonamides is 1.